The summed E-state index contributed by atoms with van der Waals surface area (Å²) in [6, 6.07) is 2.49. The third-order valence-corrected chi connectivity index (χ3v) is 5.83. The van der Waals surface area contributed by atoms with E-state index in [1.54, 1.807) is 18.3 Å². The summed E-state index contributed by atoms with van der Waals surface area (Å²) in [6.07, 6.45) is -6.16. The predicted octanol–water partition coefficient (Wildman–Crippen LogP) is 4.49. The molecule has 1 aromatic heterocycles. The lowest BCUT2D eigenvalue weighted by molar-refractivity contribution is -0.334. The van der Waals surface area contributed by atoms with Crippen LogP contribution in [-0.4, -0.2) is 54.4 Å². The number of hydrogen-bond acceptors (Lipinski definition) is 3. The van der Waals surface area contributed by atoms with Gasteiger partial charge in [-0.15, -0.1) is 0 Å². The largest absolute Gasteiger partial charge is 0.404 e. The second-order valence-electron chi connectivity index (χ2n) is 7.83. The number of rotatable bonds is 3. The summed E-state index contributed by atoms with van der Waals surface area (Å²) in [5.41, 5.74) is -3.21. The maximum atomic E-state index is 13.2. The Morgan fingerprint density at radius 3 is 2.23 bits per heavy atom. The second-order valence-corrected chi connectivity index (χ2v) is 7.83. The zero-order valence-corrected chi connectivity index (χ0v) is 16.3. The summed E-state index contributed by atoms with van der Waals surface area (Å²) >= 11 is 0. The highest BCUT2D eigenvalue weighted by Crippen LogP contribution is 2.55. The van der Waals surface area contributed by atoms with Crippen LogP contribution in [0.1, 0.15) is 37.7 Å². The molecule has 2 fully saturated rings. The molecule has 0 unspecified atom stereocenters. The van der Waals surface area contributed by atoms with Gasteiger partial charge in [-0.2, -0.15) is 26.3 Å². The molecule has 11 heteroatoms. The molecule has 0 atom stereocenters. The Morgan fingerprint density at radius 1 is 1.03 bits per heavy atom. The first-order valence-corrected chi connectivity index (χ1v) is 9.90. The number of amides is 2. The van der Waals surface area contributed by atoms with Gasteiger partial charge in [-0.25, -0.2) is 9.78 Å². The van der Waals surface area contributed by atoms with Crippen molar-refractivity contribution < 1.29 is 31.1 Å². The van der Waals surface area contributed by atoms with Gasteiger partial charge in [-0.3, -0.25) is 0 Å². The van der Waals surface area contributed by atoms with Gasteiger partial charge in [0.15, 0.2) is 5.41 Å². The van der Waals surface area contributed by atoms with E-state index < -0.39 is 43.3 Å². The van der Waals surface area contributed by atoms with E-state index in [0.29, 0.717) is 10.5 Å². The number of nitrogens with one attached hydrogen (secondary N) is 1. The number of alkyl halides is 6. The number of hydrogen-bond donors (Lipinski definition) is 1. The highest BCUT2D eigenvalue weighted by Gasteiger charge is 2.72. The summed E-state index contributed by atoms with van der Waals surface area (Å²) in [4.78, 5) is 19.3. The third-order valence-electron chi connectivity index (χ3n) is 5.83. The highest BCUT2D eigenvalue weighted by atomic mass is 19.4. The Bertz CT molecular complexity index is 729. The number of halogens is 6. The normalized spacial score (nSPS) is 20.2. The molecule has 2 saturated heterocycles. The minimum atomic E-state index is -5.48. The highest BCUT2D eigenvalue weighted by molar-refractivity contribution is 5.74. The summed E-state index contributed by atoms with van der Waals surface area (Å²) in [6.45, 7) is -0.313. The van der Waals surface area contributed by atoms with Crippen LogP contribution in [0.25, 0.3) is 0 Å². The van der Waals surface area contributed by atoms with E-state index in [1.165, 1.54) is 0 Å². The van der Waals surface area contributed by atoms with Gasteiger partial charge in [-0.05, 0) is 37.0 Å². The van der Waals surface area contributed by atoms with E-state index >= 15 is 0 Å². The van der Waals surface area contributed by atoms with E-state index in [-0.39, 0.29) is 6.54 Å². The number of carbonyl (C=O) groups is 1. The molecule has 0 bridgehead atoms. The molecule has 30 heavy (non-hydrogen) atoms. The minimum absolute atomic E-state index is 0.0102. The number of likely N-dealkylation sites (tertiary alicyclic amines) is 1. The van der Waals surface area contributed by atoms with Crippen LogP contribution in [0.3, 0.4) is 0 Å². The van der Waals surface area contributed by atoms with Crippen LogP contribution in [0.5, 0.6) is 0 Å². The zero-order chi connectivity index (χ0) is 22.0. The Morgan fingerprint density at radius 2 is 1.67 bits per heavy atom. The van der Waals surface area contributed by atoms with Gasteiger partial charge in [0.2, 0.25) is 0 Å². The maximum absolute atomic E-state index is 13.2. The van der Waals surface area contributed by atoms with Crippen LogP contribution in [0, 0.1) is 5.41 Å². The van der Waals surface area contributed by atoms with Crippen molar-refractivity contribution >= 4 is 11.8 Å². The van der Waals surface area contributed by atoms with Gasteiger partial charge in [0.25, 0.3) is 0 Å². The minimum Gasteiger partial charge on any atom is -0.357 e. The van der Waals surface area contributed by atoms with Crippen LogP contribution in [0.15, 0.2) is 18.3 Å². The van der Waals surface area contributed by atoms with Crippen molar-refractivity contribution in [1.29, 1.82) is 0 Å². The van der Waals surface area contributed by atoms with Crippen LogP contribution in [0.2, 0.25) is 0 Å². The summed E-state index contributed by atoms with van der Waals surface area (Å²) in [7, 11) is 0. The zero-order valence-electron chi connectivity index (χ0n) is 16.3. The topological polar surface area (TPSA) is 48.5 Å². The number of pyridine rings is 1. The maximum Gasteiger partial charge on any atom is 0.404 e. The average molecular weight is 438 g/mol. The molecule has 168 valence electrons. The molecule has 2 aliphatic heterocycles. The van der Waals surface area contributed by atoms with E-state index in [0.717, 1.165) is 44.6 Å². The second kappa shape index (κ2) is 8.50. The molecule has 0 radical (unpaired) electrons. The number of nitrogens with zero attached hydrogens (tertiary/aromatic N) is 3. The third kappa shape index (κ3) is 4.59. The van der Waals surface area contributed by atoms with E-state index in [1.807, 2.05) is 0 Å². The first-order chi connectivity index (χ1) is 14.0. The fourth-order valence-corrected chi connectivity index (χ4v) is 3.94. The van der Waals surface area contributed by atoms with Crippen molar-refractivity contribution in [2.45, 2.75) is 51.0 Å². The summed E-state index contributed by atoms with van der Waals surface area (Å²) in [5.74, 6) is 0.748. The Labute approximate surface area is 170 Å². The fourth-order valence-electron chi connectivity index (χ4n) is 3.94. The predicted molar refractivity (Wildman–Crippen MR) is 97.9 cm³/mol. The Hall–Kier alpha value is -2.20. The lowest BCUT2D eigenvalue weighted by Gasteiger charge is -2.33. The van der Waals surface area contributed by atoms with Crippen LogP contribution >= 0.6 is 0 Å². The molecule has 0 saturated carbocycles. The SMILES string of the molecule is O=C(NCc1ccnc(N2CCCCCC2)c1)N1CCC(C(F)(F)F)(C(F)(F)F)C1. The first kappa shape index (κ1) is 22.5. The monoisotopic (exact) mass is 438 g/mol. The molecule has 0 aliphatic carbocycles. The van der Waals surface area contributed by atoms with Gasteiger partial charge in [0, 0.05) is 38.9 Å². The van der Waals surface area contributed by atoms with Gasteiger partial charge in [0.1, 0.15) is 5.82 Å². The molecule has 2 aliphatic rings. The van der Waals surface area contributed by atoms with Crippen molar-refractivity contribution in [2.75, 3.05) is 31.1 Å². The quantitative estimate of drug-likeness (QED) is 0.708. The number of urea groups is 1. The molecular weight excluding hydrogens is 414 g/mol. The van der Waals surface area contributed by atoms with Crippen molar-refractivity contribution in [1.82, 2.24) is 15.2 Å². The van der Waals surface area contributed by atoms with Gasteiger partial charge < -0.3 is 15.1 Å². The molecule has 1 N–H and O–H groups in total. The van der Waals surface area contributed by atoms with Crippen molar-refractivity contribution in [3.63, 3.8) is 0 Å². The molecule has 5 nitrogen and oxygen atoms in total. The van der Waals surface area contributed by atoms with Crippen molar-refractivity contribution in [3.8, 4) is 0 Å². The van der Waals surface area contributed by atoms with Crippen molar-refractivity contribution in [3.05, 3.63) is 23.9 Å². The van der Waals surface area contributed by atoms with E-state index in [4.69, 9.17) is 0 Å². The van der Waals surface area contributed by atoms with Gasteiger partial charge in [-0.1, -0.05) is 12.8 Å². The van der Waals surface area contributed by atoms with Crippen LogP contribution in [-0.2, 0) is 6.54 Å². The summed E-state index contributed by atoms with van der Waals surface area (Å²) in [5, 5.41) is 2.43. The first-order valence-electron chi connectivity index (χ1n) is 9.90. The Balaban J connectivity index is 1.62. The van der Waals surface area contributed by atoms with Crippen LogP contribution in [0.4, 0.5) is 37.0 Å². The van der Waals surface area contributed by atoms with E-state index in [9.17, 15) is 31.1 Å². The lowest BCUT2D eigenvalue weighted by atomic mass is 9.85. The standard InChI is InChI=1S/C19H24F6N4O/c20-18(21,22)17(19(23,24)25)6-10-29(13-17)16(30)27-12-14-5-7-26-15(11-14)28-8-3-1-2-4-9-28/h5,7,11H,1-4,6,8-10,12-13H2,(H,27,30). The lowest BCUT2D eigenvalue weighted by Crippen LogP contribution is -2.52. The van der Waals surface area contributed by atoms with Crippen LogP contribution < -0.4 is 10.2 Å². The number of carbonyl (C=O) groups excluding carboxylic acids is 1. The van der Waals surface area contributed by atoms with Gasteiger partial charge >= 0.3 is 18.4 Å². The smallest absolute Gasteiger partial charge is 0.357 e. The average Bonchev–Trinajstić information content (AvgIpc) is 2.98. The molecule has 1 aromatic rings. The number of anilines is 1. The molecule has 2 amide bonds. The molecule has 0 spiro atoms. The fraction of sp³-hybridized carbons (Fsp3) is 0.684. The Kier molecular flexibility index (Phi) is 6.37. The summed E-state index contributed by atoms with van der Waals surface area (Å²) < 4.78 is 79.0. The molecule has 3 rings (SSSR count). The van der Waals surface area contributed by atoms with Crippen molar-refractivity contribution in [2.24, 2.45) is 5.41 Å². The van der Waals surface area contributed by atoms with Gasteiger partial charge in [0.05, 0.1) is 0 Å². The molecular formula is C19H24F6N4O. The molecule has 0 aromatic carbocycles. The molecule has 3 heterocycles. The van der Waals surface area contributed by atoms with E-state index in [2.05, 4.69) is 15.2 Å². The number of aromatic nitrogens is 1.